The molecule has 0 aromatic carbocycles. The molecule has 11 nitrogen and oxygen atoms in total. The van der Waals surface area contributed by atoms with Crippen LogP contribution in [0.4, 0.5) is 22.1 Å². The van der Waals surface area contributed by atoms with Gasteiger partial charge in [-0.1, -0.05) is 19.9 Å². The molecule has 5 amide bonds. The van der Waals surface area contributed by atoms with Crippen LogP contribution < -0.4 is 20.4 Å². The summed E-state index contributed by atoms with van der Waals surface area (Å²) in [7, 11) is 1.70. The molecule has 0 saturated carbocycles. The number of aromatic nitrogens is 3. The summed E-state index contributed by atoms with van der Waals surface area (Å²) in [5.74, 6) is -0.449. The molecule has 0 bridgehead atoms. The summed E-state index contributed by atoms with van der Waals surface area (Å²) in [4.78, 5) is 55.7. The first kappa shape index (κ1) is 19.6. The highest BCUT2D eigenvalue weighted by molar-refractivity contribution is 6.12. The molecule has 0 unspecified atom stereocenters. The first-order valence-corrected chi connectivity index (χ1v) is 9.41. The van der Waals surface area contributed by atoms with Crippen LogP contribution in [-0.2, 0) is 16.6 Å². The Morgan fingerprint density at radius 1 is 1.20 bits per heavy atom. The number of carbonyl (C=O) groups is 4. The van der Waals surface area contributed by atoms with Gasteiger partial charge in [0.25, 0.3) is 5.91 Å². The largest absolute Gasteiger partial charge is 0.330 e. The van der Waals surface area contributed by atoms with Crippen molar-refractivity contribution in [2.45, 2.75) is 20.3 Å². The molecule has 4 rings (SSSR count). The lowest BCUT2D eigenvalue weighted by Crippen LogP contribution is -2.32. The molecular weight excluding hydrogens is 390 g/mol. The Hall–Kier alpha value is -3.76. The number of carbonyl (C=O) groups excluding carboxylic acids is 4. The van der Waals surface area contributed by atoms with E-state index in [1.165, 1.54) is 16.8 Å². The lowest BCUT2D eigenvalue weighted by Gasteiger charge is -2.18. The molecule has 2 N–H and O–H groups in total. The van der Waals surface area contributed by atoms with E-state index in [9.17, 15) is 19.2 Å². The van der Waals surface area contributed by atoms with Gasteiger partial charge in [0.1, 0.15) is 23.7 Å². The molecule has 2 saturated heterocycles. The average molecular weight is 411 g/mol. The van der Waals surface area contributed by atoms with Gasteiger partial charge < -0.3 is 5.32 Å². The highest BCUT2D eigenvalue weighted by Gasteiger charge is 2.41. The van der Waals surface area contributed by atoms with E-state index in [0.29, 0.717) is 24.5 Å². The summed E-state index contributed by atoms with van der Waals surface area (Å²) in [6.45, 7) is 4.12. The number of rotatable bonds is 4. The number of imide groups is 1. The van der Waals surface area contributed by atoms with E-state index in [-0.39, 0.29) is 24.0 Å². The van der Waals surface area contributed by atoms with E-state index >= 15 is 0 Å². The van der Waals surface area contributed by atoms with Crippen molar-refractivity contribution in [3.8, 4) is 0 Å². The van der Waals surface area contributed by atoms with Crippen LogP contribution in [0.3, 0.4) is 0 Å². The maximum Gasteiger partial charge on any atom is 0.330 e. The van der Waals surface area contributed by atoms with Crippen molar-refractivity contribution in [3.05, 3.63) is 30.1 Å². The third-order valence-corrected chi connectivity index (χ3v) is 5.13. The predicted octanol–water partition coefficient (Wildman–Crippen LogP) is 0.886. The molecule has 2 fully saturated rings. The molecule has 2 aliphatic heterocycles. The molecular formula is C19H21N7O4. The minimum Gasteiger partial charge on any atom is -0.316 e. The highest BCUT2D eigenvalue weighted by atomic mass is 16.2. The Labute approximate surface area is 172 Å². The van der Waals surface area contributed by atoms with Gasteiger partial charge in [-0.25, -0.2) is 9.78 Å². The first-order chi connectivity index (χ1) is 14.2. The fraction of sp³-hybridized carbons (Fsp3) is 0.368. The summed E-state index contributed by atoms with van der Waals surface area (Å²) in [6.07, 6.45) is 2.30. The van der Waals surface area contributed by atoms with Crippen molar-refractivity contribution >= 4 is 41.1 Å². The number of hydrogen-bond donors (Lipinski definition) is 2. The standard InChI is InChI=1S/C19H21N7O4/c1-19(2)7-8-25(17(19)29)15-12(9-24(3)23-15)21-16(28)11-5-4-6-13(20-11)26-10-14(27)22-18(26)30/h4-6,9H,7-8,10H2,1-3H3,(H,21,28)(H,22,27,30). The number of hydrogen-bond acceptors (Lipinski definition) is 6. The SMILES string of the molecule is Cn1cc(NC(=O)c2cccc(N3CC(=O)NC3=O)n2)c(N2CCC(C)(C)C2=O)n1. The average Bonchev–Trinajstić information content (AvgIpc) is 3.30. The Kier molecular flexibility index (Phi) is 4.52. The number of nitrogens with one attached hydrogen (secondary N) is 2. The monoisotopic (exact) mass is 411 g/mol. The van der Waals surface area contributed by atoms with E-state index in [2.05, 4.69) is 20.7 Å². The van der Waals surface area contributed by atoms with Gasteiger partial charge in [-0.15, -0.1) is 0 Å². The van der Waals surface area contributed by atoms with Gasteiger partial charge >= 0.3 is 6.03 Å². The highest BCUT2D eigenvalue weighted by Crippen LogP contribution is 2.36. The molecule has 11 heteroatoms. The zero-order valence-electron chi connectivity index (χ0n) is 16.8. The van der Waals surface area contributed by atoms with Crippen molar-refractivity contribution in [3.63, 3.8) is 0 Å². The number of urea groups is 1. The minimum atomic E-state index is -0.588. The first-order valence-electron chi connectivity index (χ1n) is 9.41. The second-order valence-electron chi connectivity index (χ2n) is 7.91. The normalized spacial score (nSPS) is 18.2. The predicted molar refractivity (Wildman–Crippen MR) is 107 cm³/mol. The maximum absolute atomic E-state index is 12.8. The van der Waals surface area contributed by atoms with E-state index in [1.54, 1.807) is 24.2 Å². The van der Waals surface area contributed by atoms with Crippen molar-refractivity contribution in [2.24, 2.45) is 12.5 Å². The minimum absolute atomic E-state index is 0.0541. The van der Waals surface area contributed by atoms with E-state index in [1.807, 2.05) is 13.8 Å². The van der Waals surface area contributed by atoms with Crippen LogP contribution in [0.1, 0.15) is 30.8 Å². The smallest absolute Gasteiger partial charge is 0.316 e. The fourth-order valence-corrected chi connectivity index (χ4v) is 3.44. The van der Waals surface area contributed by atoms with E-state index in [0.717, 1.165) is 4.90 Å². The molecule has 2 aromatic rings. The van der Waals surface area contributed by atoms with Gasteiger partial charge in [-0.2, -0.15) is 5.10 Å². The van der Waals surface area contributed by atoms with Gasteiger partial charge in [0.05, 0.1) is 6.20 Å². The van der Waals surface area contributed by atoms with Crippen LogP contribution >= 0.6 is 0 Å². The zero-order chi connectivity index (χ0) is 21.6. The molecule has 0 spiro atoms. The third kappa shape index (κ3) is 3.38. The molecule has 0 radical (unpaired) electrons. The van der Waals surface area contributed by atoms with Crippen molar-refractivity contribution in [1.82, 2.24) is 20.1 Å². The van der Waals surface area contributed by atoms with Crippen LogP contribution in [-0.4, -0.2) is 51.6 Å². The summed E-state index contributed by atoms with van der Waals surface area (Å²) in [5.41, 5.74) is -0.0417. The maximum atomic E-state index is 12.8. The number of anilines is 3. The number of aryl methyl sites for hydroxylation is 1. The van der Waals surface area contributed by atoms with Gasteiger partial charge in [0.15, 0.2) is 5.82 Å². The van der Waals surface area contributed by atoms with Crippen LogP contribution in [0.5, 0.6) is 0 Å². The zero-order valence-corrected chi connectivity index (χ0v) is 16.8. The summed E-state index contributed by atoms with van der Waals surface area (Å²) < 4.78 is 1.52. The molecule has 2 aromatic heterocycles. The van der Waals surface area contributed by atoms with Gasteiger partial charge in [-0.05, 0) is 18.6 Å². The molecule has 0 aliphatic carbocycles. The lowest BCUT2D eigenvalue weighted by molar-refractivity contribution is -0.124. The number of nitrogens with zero attached hydrogens (tertiary/aromatic N) is 5. The van der Waals surface area contributed by atoms with Crippen molar-refractivity contribution < 1.29 is 19.2 Å². The molecule has 2 aliphatic rings. The Morgan fingerprint density at radius 2 is 1.97 bits per heavy atom. The van der Waals surface area contributed by atoms with Gasteiger partial charge in [-0.3, -0.25) is 34.2 Å². The van der Waals surface area contributed by atoms with Gasteiger partial charge in [0.2, 0.25) is 11.8 Å². The van der Waals surface area contributed by atoms with Crippen LogP contribution in [0.2, 0.25) is 0 Å². The summed E-state index contributed by atoms with van der Waals surface area (Å²) >= 11 is 0. The van der Waals surface area contributed by atoms with Crippen LogP contribution in [0, 0.1) is 5.41 Å². The topological polar surface area (TPSA) is 130 Å². The number of amides is 5. The second kappa shape index (κ2) is 6.94. The van der Waals surface area contributed by atoms with Crippen molar-refractivity contribution in [1.29, 1.82) is 0 Å². The van der Waals surface area contributed by atoms with E-state index in [4.69, 9.17) is 0 Å². The molecule has 30 heavy (non-hydrogen) atoms. The summed E-state index contributed by atoms with van der Waals surface area (Å²) in [5, 5.41) is 9.25. The third-order valence-electron chi connectivity index (χ3n) is 5.13. The quantitative estimate of drug-likeness (QED) is 0.719. The lowest BCUT2D eigenvalue weighted by atomic mass is 9.92. The second-order valence-corrected chi connectivity index (χ2v) is 7.91. The Morgan fingerprint density at radius 3 is 2.60 bits per heavy atom. The molecule has 4 heterocycles. The summed E-state index contributed by atoms with van der Waals surface area (Å²) in [6, 6.07) is 4.02. The van der Waals surface area contributed by atoms with Crippen LogP contribution in [0.15, 0.2) is 24.4 Å². The van der Waals surface area contributed by atoms with E-state index < -0.39 is 23.3 Å². The number of pyridine rings is 1. The molecule has 156 valence electrons. The molecule has 0 atom stereocenters. The fourth-order valence-electron chi connectivity index (χ4n) is 3.44. The Balaban J connectivity index is 1.57. The Bertz CT molecular complexity index is 1070. The van der Waals surface area contributed by atoms with Crippen LogP contribution in [0.25, 0.3) is 0 Å². The van der Waals surface area contributed by atoms with Gasteiger partial charge in [0, 0.05) is 19.0 Å². The van der Waals surface area contributed by atoms with Crippen molar-refractivity contribution in [2.75, 3.05) is 28.2 Å².